The summed E-state index contributed by atoms with van der Waals surface area (Å²) < 4.78 is 10.7. The number of unbranched alkanes of at least 4 members (excludes halogenated alkanes) is 14. The SMILES string of the molecule is CC/C=C\C/C=C\C/C=C\C/C=C\C/C=C\C/C=C\C/C=C\C/C=C\C/C=C\C/C=C\C/C=C\C/C=C\CCCCC(=O)OC(CO)COC(=O)CCCCCCCCCCCCCC/C=C\C/C=C\C/C=C\C/C=C\C/C=C\C/C=C\CC. The van der Waals surface area contributed by atoms with Crippen molar-refractivity contribution < 1.29 is 24.2 Å². The van der Waals surface area contributed by atoms with Crippen LogP contribution in [0.25, 0.3) is 0 Å². The lowest BCUT2D eigenvalue weighted by atomic mass is 10.0. The molecule has 0 spiro atoms. The zero-order valence-corrected chi connectivity index (χ0v) is 53.3. The van der Waals surface area contributed by atoms with Gasteiger partial charge in [0.15, 0.2) is 6.10 Å². The van der Waals surface area contributed by atoms with E-state index >= 15 is 0 Å². The molecule has 0 fully saturated rings. The van der Waals surface area contributed by atoms with E-state index in [1.807, 2.05) is 0 Å². The van der Waals surface area contributed by atoms with Crippen molar-refractivity contribution in [3.63, 3.8) is 0 Å². The molecular weight excluding hydrogens is 1030 g/mol. The van der Waals surface area contributed by atoms with Gasteiger partial charge in [0.1, 0.15) is 6.61 Å². The Morgan fingerprint density at radius 3 is 0.738 bits per heavy atom. The van der Waals surface area contributed by atoms with Crippen LogP contribution in [-0.2, 0) is 19.1 Å². The third-order valence-electron chi connectivity index (χ3n) is 13.3. The second kappa shape index (κ2) is 71.5. The highest BCUT2D eigenvalue weighted by atomic mass is 16.6. The standard InChI is InChI=1S/C79H120O5/c1-3-5-7-9-11-13-15-17-19-21-23-25-27-29-31-33-35-36-37-38-39-40-41-42-44-46-48-50-52-54-56-58-60-62-64-66-68-70-72-74-79(82)84-77(75-80)76-83-78(81)73-71-69-67-65-63-61-59-57-55-53-51-49-47-45-43-34-32-30-28-26-24-22-20-18-16-14-12-10-8-6-4-2/h5-8,11-14,17-20,23-26,29-32,35-36,38-39,41-43,45-46,48,52,54,58,60,64,66,77,80H,3-4,9-10,15-16,21-22,27-28,33-34,37,40,44,47,49-51,53,55-57,59,61-63,65,67-76H2,1-2H3/b7-5-,8-6-,13-11-,14-12-,19-17-,20-18-,25-23-,26-24-,31-29-,32-30-,36-35-,39-38-,42-41-,45-43-,48-46-,54-52-,60-58-,66-64-. The number of hydrogen-bond donors (Lipinski definition) is 1. The molecule has 0 aromatic rings. The fourth-order valence-corrected chi connectivity index (χ4v) is 8.36. The Labute approximate surface area is 516 Å². The van der Waals surface area contributed by atoms with Gasteiger partial charge in [-0.15, -0.1) is 0 Å². The van der Waals surface area contributed by atoms with Crippen molar-refractivity contribution in [3.8, 4) is 0 Å². The predicted molar refractivity (Wildman–Crippen MR) is 370 cm³/mol. The molecule has 0 heterocycles. The van der Waals surface area contributed by atoms with E-state index in [9.17, 15) is 14.7 Å². The zero-order valence-electron chi connectivity index (χ0n) is 53.3. The maximum Gasteiger partial charge on any atom is 0.306 e. The Bertz CT molecular complexity index is 2030. The average Bonchev–Trinajstić information content (AvgIpc) is 3.51. The second-order valence-electron chi connectivity index (χ2n) is 21.1. The molecule has 0 aliphatic rings. The van der Waals surface area contributed by atoms with Crippen LogP contribution in [0.15, 0.2) is 219 Å². The maximum atomic E-state index is 12.3. The molecule has 0 aromatic carbocycles. The van der Waals surface area contributed by atoms with Crippen molar-refractivity contribution in [2.75, 3.05) is 13.2 Å². The number of aliphatic hydroxyl groups excluding tert-OH is 1. The summed E-state index contributed by atoms with van der Waals surface area (Å²) >= 11 is 0. The van der Waals surface area contributed by atoms with Crippen LogP contribution >= 0.6 is 0 Å². The van der Waals surface area contributed by atoms with E-state index in [2.05, 4.69) is 233 Å². The average molecular weight is 1150 g/mol. The lowest BCUT2D eigenvalue weighted by Crippen LogP contribution is -2.28. The first-order valence-electron chi connectivity index (χ1n) is 33.3. The van der Waals surface area contributed by atoms with Crippen LogP contribution < -0.4 is 0 Å². The van der Waals surface area contributed by atoms with Crippen molar-refractivity contribution >= 4 is 11.9 Å². The fraction of sp³-hybridized carbons (Fsp3) is 0.519. The largest absolute Gasteiger partial charge is 0.462 e. The van der Waals surface area contributed by atoms with Crippen LogP contribution in [0.2, 0.25) is 0 Å². The Hall–Kier alpha value is -5.78. The van der Waals surface area contributed by atoms with Gasteiger partial charge in [0.25, 0.3) is 0 Å². The first-order chi connectivity index (χ1) is 41.6. The second-order valence-corrected chi connectivity index (χ2v) is 21.1. The molecule has 466 valence electrons. The van der Waals surface area contributed by atoms with Crippen LogP contribution in [0.1, 0.15) is 245 Å². The number of ether oxygens (including phenoxy) is 2. The summed E-state index contributed by atoms with van der Waals surface area (Å²) in [7, 11) is 0. The Morgan fingerprint density at radius 2 is 0.476 bits per heavy atom. The monoisotopic (exact) mass is 1150 g/mol. The summed E-state index contributed by atoms with van der Waals surface area (Å²) in [4.78, 5) is 24.6. The van der Waals surface area contributed by atoms with Gasteiger partial charge in [-0.3, -0.25) is 9.59 Å². The van der Waals surface area contributed by atoms with Gasteiger partial charge in [0.2, 0.25) is 0 Å². The minimum atomic E-state index is -0.815. The molecular formula is C79H120O5. The van der Waals surface area contributed by atoms with Crippen molar-refractivity contribution in [3.05, 3.63) is 219 Å². The number of rotatable bonds is 58. The van der Waals surface area contributed by atoms with Gasteiger partial charge >= 0.3 is 11.9 Å². The molecule has 0 aromatic heterocycles. The van der Waals surface area contributed by atoms with Gasteiger partial charge < -0.3 is 14.6 Å². The molecule has 84 heavy (non-hydrogen) atoms. The highest BCUT2D eigenvalue weighted by Gasteiger charge is 2.16. The van der Waals surface area contributed by atoms with E-state index in [-0.39, 0.29) is 31.6 Å². The number of allylic oxidation sites excluding steroid dienone is 36. The highest BCUT2D eigenvalue weighted by Crippen LogP contribution is 2.14. The summed E-state index contributed by atoms with van der Waals surface area (Å²) in [6.07, 6.45) is 116. The molecule has 5 nitrogen and oxygen atoms in total. The van der Waals surface area contributed by atoms with Crippen molar-refractivity contribution in [1.29, 1.82) is 0 Å². The van der Waals surface area contributed by atoms with E-state index < -0.39 is 6.10 Å². The summed E-state index contributed by atoms with van der Waals surface area (Å²) in [5, 5.41) is 9.68. The Kier molecular flexibility index (Phi) is 66.6. The lowest BCUT2D eigenvalue weighted by molar-refractivity contribution is -0.161. The van der Waals surface area contributed by atoms with Crippen LogP contribution in [0.5, 0.6) is 0 Å². The molecule has 5 heteroatoms. The van der Waals surface area contributed by atoms with Gasteiger partial charge in [-0.1, -0.05) is 297 Å². The zero-order chi connectivity index (χ0) is 60.5. The van der Waals surface area contributed by atoms with Crippen molar-refractivity contribution in [2.24, 2.45) is 0 Å². The maximum absolute atomic E-state index is 12.3. The molecule has 1 unspecified atom stereocenters. The van der Waals surface area contributed by atoms with Crippen molar-refractivity contribution in [2.45, 2.75) is 251 Å². The summed E-state index contributed by atoms with van der Waals surface area (Å²) in [5.74, 6) is -0.659. The van der Waals surface area contributed by atoms with Gasteiger partial charge in [0, 0.05) is 12.8 Å². The first-order valence-corrected chi connectivity index (χ1v) is 33.3. The smallest absolute Gasteiger partial charge is 0.306 e. The number of hydrogen-bond acceptors (Lipinski definition) is 5. The van der Waals surface area contributed by atoms with E-state index in [4.69, 9.17) is 9.47 Å². The molecule has 1 N–H and O–H groups in total. The van der Waals surface area contributed by atoms with Gasteiger partial charge in [-0.2, -0.15) is 0 Å². The topological polar surface area (TPSA) is 72.8 Å². The molecule has 0 radical (unpaired) electrons. The molecule has 0 rings (SSSR count). The minimum absolute atomic E-state index is 0.0990. The quantitative estimate of drug-likeness (QED) is 0.0373. The Morgan fingerprint density at radius 1 is 0.274 bits per heavy atom. The summed E-state index contributed by atoms with van der Waals surface area (Å²) in [6.45, 7) is 3.86. The number of aliphatic hydroxyl groups is 1. The number of esters is 2. The Balaban J connectivity index is 3.68. The van der Waals surface area contributed by atoms with Gasteiger partial charge in [-0.05, 0) is 154 Å². The van der Waals surface area contributed by atoms with Crippen LogP contribution in [0.3, 0.4) is 0 Å². The van der Waals surface area contributed by atoms with E-state index in [1.54, 1.807) is 0 Å². The van der Waals surface area contributed by atoms with Crippen LogP contribution in [-0.4, -0.2) is 36.4 Å². The molecule has 1 atom stereocenters. The highest BCUT2D eigenvalue weighted by molar-refractivity contribution is 5.70. The molecule has 0 saturated carbocycles. The van der Waals surface area contributed by atoms with Crippen LogP contribution in [0.4, 0.5) is 0 Å². The molecule has 0 bridgehead atoms. The number of carbonyl (C=O) groups excluding carboxylic acids is 2. The van der Waals surface area contributed by atoms with E-state index in [0.717, 1.165) is 148 Å². The van der Waals surface area contributed by atoms with E-state index in [1.165, 1.54) is 64.2 Å². The van der Waals surface area contributed by atoms with Crippen molar-refractivity contribution in [1.82, 2.24) is 0 Å². The summed E-state index contributed by atoms with van der Waals surface area (Å²) in [6, 6.07) is 0. The molecule has 0 aliphatic heterocycles. The predicted octanol–water partition coefficient (Wildman–Crippen LogP) is 23.5. The van der Waals surface area contributed by atoms with E-state index in [0.29, 0.717) is 12.8 Å². The molecule has 0 amide bonds. The lowest BCUT2D eigenvalue weighted by Gasteiger charge is -2.15. The van der Waals surface area contributed by atoms with Gasteiger partial charge in [-0.25, -0.2) is 0 Å². The first kappa shape index (κ1) is 78.2. The number of carbonyl (C=O) groups is 2. The normalized spacial score (nSPS) is 13.7. The minimum Gasteiger partial charge on any atom is -0.462 e. The van der Waals surface area contributed by atoms with Gasteiger partial charge in [0.05, 0.1) is 6.61 Å². The fourth-order valence-electron chi connectivity index (χ4n) is 8.36. The third-order valence-corrected chi connectivity index (χ3v) is 13.3. The van der Waals surface area contributed by atoms with Crippen LogP contribution in [0, 0.1) is 0 Å². The summed E-state index contributed by atoms with van der Waals surface area (Å²) in [5.41, 5.74) is 0. The third kappa shape index (κ3) is 68.7. The molecule has 0 aliphatic carbocycles. The molecule has 0 saturated heterocycles.